The highest BCUT2D eigenvalue weighted by Gasteiger charge is 2.16. The summed E-state index contributed by atoms with van der Waals surface area (Å²) in [4.78, 5) is 6.56. The Morgan fingerprint density at radius 1 is 1.47 bits per heavy atom. The molecule has 0 saturated heterocycles. The summed E-state index contributed by atoms with van der Waals surface area (Å²) in [5, 5.41) is 0. The van der Waals surface area contributed by atoms with E-state index in [1.807, 2.05) is 18.8 Å². The second-order valence-electron chi connectivity index (χ2n) is 4.77. The molecule has 2 N–H and O–H groups in total. The van der Waals surface area contributed by atoms with Crippen LogP contribution in [0.2, 0.25) is 0 Å². The van der Waals surface area contributed by atoms with Crippen LogP contribution >= 0.6 is 11.8 Å². The molecule has 0 bridgehead atoms. The zero-order chi connectivity index (χ0) is 12.1. The van der Waals surface area contributed by atoms with Crippen LogP contribution in [0.3, 0.4) is 0 Å². The van der Waals surface area contributed by atoms with Crippen LogP contribution in [0.5, 0.6) is 0 Å². The molecule has 1 atom stereocenters. The van der Waals surface area contributed by atoms with Gasteiger partial charge in [0.15, 0.2) is 5.96 Å². The maximum absolute atomic E-state index is 5.98. The molecule has 0 aliphatic rings. The van der Waals surface area contributed by atoms with Gasteiger partial charge in [0.25, 0.3) is 0 Å². The Labute approximate surface area is 98.5 Å². The lowest BCUT2D eigenvalue weighted by atomic mass is 10.1. The summed E-state index contributed by atoms with van der Waals surface area (Å²) in [6.07, 6.45) is 3.21. The van der Waals surface area contributed by atoms with E-state index in [9.17, 15) is 0 Å². The van der Waals surface area contributed by atoms with Gasteiger partial charge in [-0.15, -0.1) is 0 Å². The molecule has 0 aromatic rings. The summed E-state index contributed by atoms with van der Waals surface area (Å²) in [6.45, 7) is 8.36. The van der Waals surface area contributed by atoms with Crippen molar-refractivity contribution in [2.24, 2.45) is 10.7 Å². The molecule has 0 aromatic carbocycles. The standard InChI is InChI=1S/C11H25N3S/c1-7-9(8-15-6)14(5)10(12)13-11(2,3)4/h9H,7-8H2,1-6H3,(H2,12,13). The van der Waals surface area contributed by atoms with Crippen LogP contribution in [0, 0.1) is 0 Å². The van der Waals surface area contributed by atoms with Gasteiger partial charge in [0.1, 0.15) is 0 Å². The monoisotopic (exact) mass is 231 g/mol. The minimum Gasteiger partial charge on any atom is -0.370 e. The fraction of sp³-hybridized carbons (Fsp3) is 0.909. The first-order chi connectivity index (χ1) is 6.81. The third-order valence-corrected chi connectivity index (χ3v) is 2.91. The summed E-state index contributed by atoms with van der Waals surface area (Å²) < 4.78 is 0. The van der Waals surface area contributed by atoms with E-state index in [0.717, 1.165) is 12.2 Å². The van der Waals surface area contributed by atoms with Gasteiger partial charge in [0, 0.05) is 18.8 Å². The molecule has 0 rings (SSSR count). The zero-order valence-corrected chi connectivity index (χ0v) is 11.7. The van der Waals surface area contributed by atoms with Crippen LogP contribution in [0.4, 0.5) is 0 Å². The normalized spacial score (nSPS) is 15.2. The first kappa shape index (κ1) is 14.6. The Kier molecular flexibility index (Phi) is 6.10. The van der Waals surface area contributed by atoms with E-state index in [1.165, 1.54) is 0 Å². The van der Waals surface area contributed by atoms with E-state index in [4.69, 9.17) is 5.73 Å². The lowest BCUT2D eigenvalue weighted by Crippen LogP contribution is -2.44. The third kappa shape index (κ3) is 5.92. The van der Waals surface area contributed by atoms with E-state index < -0.39 is 0 Å². The first-order valence-electron chi connectivity index (χ1n) is 5.39. The molecule has 0 aliphatic heterocycles. The van der Waals surface area contributed by atoms with E-state index >= 15 is 0 Å². The predicted octanol–water partition coefficient (Wildman–Crippen LogP) is 2.17. The van der Waals surface area contributed by atoms with Gasteiger partial charge in [0.05, 0.1) is 5.54 Å². The zero-order valence-electron chi connectivity index (χ0n) is 10.9. The van der Waals surface area contributed by atoms with Crippen molar-refractivity contribution in [2.75, 3.05) is 19.1 Å². The number of aliphatic imine (C=N–C) groups is 1. The summed E-state index contributed by atoms with van der Waals surface area (Å²) in [5.74, 6) is 1.73. The highest BCUT2D eigenvalue weighted by Crippen LogP contribution is 2.11. The molecule has 1 unspecified atom stereocenters. The molecular formula is C11H25N3S. The molecule has 0 fully saturated rings. The van der Waals surface area contributed by atoms with E-state index in [2.05, 4.69) is 43.8 Å². The summed E-state index contributed by atoms with van der Waals surface area (Å²) in [7, 11) is 2.02. The van der Waals surface area contributed by atoms with E-state index in [-0.39, 0.29) is 5.54 Å². The van der Waals surface area contributed by atoms with E-state index in [0.29, 0.717) is 12.0 Å². The summed E-state index contributed by atoms with van der Waals surface area (Å²) in [6, 6.07) is 0.478. The van der Waals surface area contributed by atoms with E-state index in [1.54, 1.807) is 0 Å². The van der Waals surface area contributed by atoms with Gasteiger partial charge >= 0.3 is 0 Å². The number of guanidine groups is 1. The number of nitrogens with two attached hydrogens (primary N) is 1. The molecule has 15 heavy (non-hydrogen) atoms. The van der Waals surface area contributed by atoms with Gasteiger partial charge in [-0.3, -0.25) is 0 Å². The van der Waals surface area contributed by atoms with Crippen molar-refractivity contribution in [1.82, 2.24) is 4.90 Å². The Hall–Kier alpha value is -0.380. The molecule has 0 amide bonds. The Morgan fingerprint density at radius 2 is 2.00 bits per heavy atom. The quantitative estimate of drug-likeness (QED) is 0.595. The topological polar surface area (TPSA) is 41.6 Å². The van der Waals surface area contributed by atoms with Crippen LogP contribution in [0.1, 0.15) is 34.1 Å². The van der Waals surface area contributed by atoms with Crippen molar-refractivity contribution in [3.63, 3.8) is 0 Å². The number of thioether (sulfide) groups is 1. The highest BCUT2D eigenvalue weighted by molar-refractivity contribution is 7.98. The smallest absolute Gasteiger partial charge is 0.191 e. The average Bonchev–Trinajstić information content (AvgIpc) is 2.10. The van der Waals surface area contributed by atoms with Gasteiger partial charge in [-0.1, -0.05) is 6.92 Å². The molecule has 0 radical (unpaired) electrons. The van der Waals surface area contributed by atoms with Crippen LogP contribution in [0.25, 0.3) is 0 Å². The van der Waals surface area contributed by atoms with Gasteiger partial charge in [-0.2, -0.15) is 11.8 Å². The minimum absolute atomic E-state index is 0.101. The second-order valence-corrected chi connectivity index (χ2v) is 5.68. The van der Waals surface area contributed by atoms with Gasteiger partial charge in [0.2, 0.25) is 0 Å². The van der Waals surface area contributed by atoms with Crippen molar-refractivity contribution in [3.8, 4) is 0 Å². The number of nitrogens with zero attached hydrogens (tertiary/aromatic N) is 2. The molecule has 4 heteroatoms. The minimum atomic E-state index is -0.101. The fourth-order valence-corrected chi connectivity index (χ4v) is 2.15. The van der Waals surface area contributed by atoms with Crippen LogP contribution in [-0.4, -0.2) is 41.5 Å². The van der Waals surface area contributed by atoms with Crippen LogP contribution in [-0.2, 0) is 0 Å². The van der Waals surface area contributed by atoms with Crippen molar-refractivity contribution < 1.29 is 0 Å². The Balaban J connectivity index is 4.53. The lowest BCUT2D eigenvalue weighted by Gasteiger charge is -2.29. The molecule has 0 heterocycles. The van der Waals surface area contributed by atoms with Crippen molar-refractivity contribution in [2.45, 2.75) is 45.7 Å². The van der Waals surface area contributed by atoms with Crippen molar-refractivity contribution >= 4 is 17.7 Å². The van der Waals surface area contributed by atoms with Gasteiger partial charge in [-0.05, 0) is 33.4 Å². The molecule has 0 aliphatic carbocycles. The third-order valence-electron chi connectivity index (χ3n) is 2.19. The molecule has 90 valence electrons. The molecule has 0 aromatic heterocycles. The molecule has 0 saturated carbocycles. The first-order valence-corrected chi connectivity index (χ1v) is 6.78. The van der Waals surface area contributed by atoms with Crippen LogP contribution < -0.4 is 5.73 Å². The lowest BCUT2D eigenvalue weighted by molar-refractivity contribution is 0.376. The molecular weight excluding hydrogens is 206 g/mol. The van der Waals surface area contributed by atoms with Crippen LogP contribution in [0.15, 0.2) is 4.99 Å². The largest absolute Gasteiger partial charge is 0.370 e. The predicted molar refractivity (Wildman–Crippen MR) is 71.6 cm³/mol. The molecule has 3 nitrogen and oxygen atoms in total. The maximum Gasteiger partial charge on any atom is 0.191 e. The fourth-order valence-electron chi connectivity index (χ4n) is 1.31. The van der Waals surface area contributed by atoms with Crippen molar-refractivity contribution in [3.05, 3.63) is 0 Å². The molecule has 0 spiro atoms. The van der Waals surface area contributed by atoms with Gasteiger partial charge < -0.3 is 10.6 Å². The second kappa shape index (κ2) is 6.26. The average molecular weight is 231 g/mol. The maximum atomic E-state index is 5.98. The van der Waals surface area contributed by atoms with Crippen molar-refractivity contribution in [1.29, 1.82) is 0 Å². The summed E-state index contributed by atoms with van der Waals surface area (Å²) in [5.41, 5.74) is 5.88. The SMILES string of the molecule is CCC(CSC)N(C)C(N)=NC(C)(C)C. The Bertz CT molecular complexity index is 208. The Morgan fingerprint density at radius 3 is 2.33 bits per heavy atom. The number of rotatable bonds is 4. The number of hydrogen-bond acceptors (Lipinski definition) is 2. The highest BCUT2D eigenvalue weighted by atomic mass is 32.2. The van der Waals surface area contributed by atoms with Gasteiger partial charge in [-0.25, -0.2) is 4.99 Å². The number of hydrogen-bond donors (Lipinski definition) is 1. The summed E-state index contributed by atoms with van der Waals surface area (Å²) >= 11 is 1.85.